The third kappa shape index (κ3) is 2.88. The van der Waals surface area contributed by atoms with Gasteiger partial charge in [0.2, 0.25) is 0 Å². The second-order valence-electron chi connectivity index (χ2n) is 8.45. The maximum absolute atomic E-state index is 5.84. The van der Waals surface area contributed by atoms with Crippen molar-refractivity contribution in [1.82, 2.24) is 0 Å². The monoisotopic (exact) mass is 319 g/mol. The van der Waals surface area contributed by atoms with E-state index in [4.69, 9.17) is 5.73 Å². The molecule has 0 aliphatic heterocycles. The van der Waals surface area contributed by atoms with Crippen molar-refractivity contribution in [3.8, 4) is 0 Å². The van der Waals surface area contributed by atoms with Crippen LogP contribution in [-0.4, -0.2) is 0 Å². The van der Waals surface area contributed by atoms with Gasteiger partial charge in [0.05, 0.1) is 0 Å². The van der Waals surface area contributed by atoms with Crippen molar-refractivity contribution < 1.29 is 0 Å². The van der Waals surface area contributed by atoms with Gasteiger partial charge in [-0.3, -0.25) is 0 Å². The number of allylic oxidation sites excluding steroid dienone is 1. The quantitative estimate of drug-likeness (QED) is 0.550. The highest BCUT2D eigenvalue weighted by molar-refractivity contribution is 5.49. The first-order valence-electron chi connectivity index (χ1n) is 8.87. The molecule has 0 bridgehead atoms. The Balaban J connectivity index is 2.09. The first-order chi connectivity index (χ1) is 11.2. The van der Waals surface area contributed by atoms with Crippen molar-refractivity contribution in [2.45, 2.75) is 57.3 Å². The zero-order valence-electron chi connectivity index (χ0n) is 15.4. The van der Waals surface area contributed by atoms with Gasteiger partial charge in [0.15, 0.2) is 0 Å². The molecule has 2 N–H and O–H groups in total. The Bertz CT molecular complexity index is 750. The smallest absolute Gasteiger partial charge is 0.0314 e. The average Bonchev–Trinajstić information content (AvgIpc) is 2.54. The van der Waals surface area contributed by atoms with Crippen LogP contribution in [0, 0.1) is 0 Å². The number of nitrogen functional groups attached to an aromatic ring is 1. The summed E-state index contributed by atoms with van der Waals surface area (Å²) < 4.78 is 0. The van der Waals surface area contributed by atoms with Crippen LogP contribution in [0.25, 0.3) is 0 Å². The van der Waals surface area contributed by atoms with Crippen LogP contribution in [0.1, 0.15) is 68.7 Å². The van der Waals surface area contributed by atoms with Crippen molar-refractivity contribution in [2.75, 3.05) is 5.73 Å². The van der Waals surface area contributed by atoms with Gasteiger partial charge in [-0.2, -0.15) is 0 Å². The van der Waals surface area contributed by atoms with Crippen molar-refractivity contribution in [1.29, 1.82) is 0 Å². The van der Waals surface area contributed by atoms with E-state index >= 15 is 0 Å². The summed E-state index contributed by atoms with van der Waals surface area (Å²) in [5.74, 6) is 0.205. The lowest BCUT2D eigenvalue weighted by molar-refractivity contribution is 0.331. The van der Waals surface area contributed by atoms with E-state index in [1.807, 2.05) is 18.2 Å². The predicted octanol–water partition coefficient (Wildman–Crippen LogP) is 5.94. The molecule has 0 fully saturated rings. The molecule has 2 aromatic carbocycles. The van der Waals surface area contributed by atoms with Crippen molar-refractivity contribution in [2.24, 2.45) is 0 Å². The molecule has 1 atom stereocenters. The van der Waals surface area contributed by atoms with E-state index in [2.05, 4.69) is 64.6 Å². The second kappa shape index (κ2) is 5.81. The van der Waals surface area contributed by atoms with Crippen LogP contribution >= 0.6 is 0 Å². The maximum Gasteiger partial charge on any atom is 0.0314 e. The summed E-state index contributed by atoms with van der Waals surface area (Å²) in [6.45, 7) is 13.6. The molecule has 0 amide bonds. The summed E-state index contributed by atoms with van der Waals surface area (Å²) in [5, 5.41) is 0. The minimum Gasteiger partial charge on any atom is -0.399 e. The fourth-order valence-electron chi connectivity index (χ4n) is 3.97. The Hall–Kier alpha value is -2.02. The van der Waals surface area contributed by atoms with Crippen LogP contribution in [0.3, 0.4) is 0 Å². The first-order valence-corrected chi connectivity index (χ1v) is 8.87. The lowest BCUT2D eigenvalue weighted by atomic mass is 9.62. The van der Waals surface area contributed by atoms with Crippen molar-refractivity contribution >= 4 is 5.69 Å². The van der Waals surface area contributed by atoms with E-state index in [1.165, 1.54) is 35.1 Å². The zero-order chi connectivity index (χ0) is 17.5. The van der Waals surface area contributed by atoms with Gasteiger partial charge in [0.1, 0.15) is 0 Å². The Labute approximate surface area is 146 Å². The molecule has 3 rings (SSSR count). The molecule has 0 radical (unpaired) electrons. The van der Waals surface area contributed by atoms with E-state index in [0.29, 0.717) is 0 Å². The highest BCUT2D eigenvalue weighted by Crippen LogP contribution is 2.46. The molecule has 1 unspecified atom stereocenters. The number of benzene rings is 2. The molecule has 0 aromatic heterocycles. The molecule has 1 aliphatic carbocycles. The molecule has 0 saturated heterocycles. The van der Waals surface area contributed by atoms with E-state index in [9.17, 15) is 0 Å². The van der Waals surface area contributed by atoms with E-state index < -0.39 is 0 Å². The summed E-state index contributed by atoms with van der Waals surface area (Å²) in [5.41, 5.74) is 12.7. The number of hydrogen-bond donors (Lipinski definition) is 1. The molecule has 0 spiro atoms. The first kappa shape index (κ1) is 16.8. The lowest BCUT2D eigenvalue weighted by Crippen LogP contribution is -2.34. The van der Waals surface area contributed by atoms with Crippen LogP contribution in [0.5, 0.6) is 0 Å². The van der Waals surface area contributed by atoms with Crippen LogP contribution in [0.15, 0.2) is 55.1 Å². The molecule has 1 heteroatoms. The summed E-state index contributed by atoms with van der Waals surface area (Å²) in [6, 6.07) is 15.2. The summed E-state index contributed by atoms with van der Waals surface area (Å²) in [6.07, 6.45) is 4.51. The van der Waals surface area contributed by atoms with Gasteiger partial charge in [0.25, 0.3) is 0 Å². The molecule has 126 valence electrons. The maximum atomic E-state index is 5.84. The van der Waals surface area contributed by atoms with Gasteiger partial charge >= 0.3 is 0 Å². The molecule has 1 nitrogen and oxygen atoms in total. The molecule has 24 heavy (non-hydrogen) atoms. The molecule has 1 aliphatic rings. The predicted molar refractivity (Wildman–Crippen MR) is 105 cm³/mol. The molecule has 2 aromatic rings. The topological polar surface area (TPSA) is 26.0 Å². The number of fused-ring (bicyclic) bond motifs is 1. The standard InChI is InChI=1S/C23H29N/c1-6-19(16-7-10-18(24)11-8-16)17-9-12-20-21(15-17)23(4,5)14-13-22(20,2)3/h6-12,15,19H,1,13-14,24H2,2-5H3. The lowest BCUT2D eigenvalue weighted by Gasteiger charge is -2.42. The van der Waals surface area contributed by atoms with Crippen LogP contribution in [0.2, 0.25) is 0 Å². The summed E-state index contributed by atoms with van der Waals surface area (Å²) >= 11 is 0. The van der Waals surface area contributed by atoms with Gasteiger partial charge in [-0.1, -0.05) is 64.1 Å². The molecule has 0 heterocycles. The molecular formula is C23H29N. The van der Waals surface area contributed by atoms with Gasteiger partial charge < -0.3 is 5.73 Å². The largest absolute Gasteiger partial charge is 0.399 e. The Morgan fingerprint density at radius 1 is 0.875 bits per heavy atom. The third-order valence-corrected chi connectivity index (χ3v) is 5.77. The Morgan fingerprint density at radius 2 is 1.42 bits per heavy atom. The minimum absolute atomic E-state index is 0.205. The van der Waals surface area contributed by atoms with Gasteiger partial charge in [0, 0.05) is 11.6 Å². The zero-order valence-corrected chi connectivity index (χ0v) is 15.4. The number of anilines is 1. The summed E-state index contributed by atoms with van der Waals surface area (Å²) in [4.78, 5) is 0. The number of rotatable bonds is 3. The number of nitrogens with two attached hydrogens (primary N) is 1. The Kier molecular flexibility index (Phi) is 4.07. The summed E-state index contributed by atoms with van der Waals surface area (Å²) in [7, 11) is 0. The second-order valence-corrected chi connectivity index (χ2v) is 8.45. The van der Waals surface area contributed by atoms with Crippen molar-refractivity contribution in [3.05, 3.63) is 77.4 Å². The van der Waals surface area contributed by atoms with Crippen molar-refractivity contribution in [3.63, 3.8) is 0 Å². The van der Waals surface area contributed by atoms with E-state index in [-0.39, 0.29) is 16.7 Å². The van der Waals surface area contributed by atoms with Crippen LogP contribution in [0.4, 0.5) is 5.69 Å². The van der Waals surface area contributed by atoms with Crippen LogP contribution < -0.4 is 5.73 Å². The minimum atomic E-state index is 0.205. The Morgan fingerprint density at radius 3 is 2.00 bits per heavy atom. The van der Waals surface area contributed by atoms with E-state index in [0.717, 1.165) is 5.69 Å². The van der Waals surface area contributed by atoms with Gasteiger partial charge in [-0.25, -0.2) is 0 Å². The highest BCUT2D eigenvalue weighted by Gasteiger charge is 2.37. The SMILES string of the molecule is C=CC(c1ccc(N)cc1)c1ccc2c(c1)C(C)(C)CCC2(C)C. The van der Waals surface area contributed by atoms with E-state index in [1.54, 1.807) is 0 Å². The van der Waals surface area contributed by atoms with Gasteiger partial charge in [-0.05, 0) is 58.1 Å². The third-order valence-electron chi connectivity index (χ3n) is 5.77. The van der Waals surface area contributed by atoms with Gasteiger partial charge in [-0.15, -0.1) is 6.58 Å². The van der Waals surface area contributed by atoms with Crippen LogP contribution in [-0.2, 0) is 10.8 Å². The molecule has 0 saturated carbocycles. The fourth-order valence-corrected chi connectivity index (χ4v) is 3.97. The molecular weight excluding hydrogens is 290 g/mol. The normalized spacial score (nSPS) is 19.3. The average molecular weight is 319 g/mol. The fraction of sp³-hybridized carbons (Fsp3) is 0.391. The number of hydrogen-bond acceptors (Lipinski definition) is 1. The highest BCUT2D eigenvalue weighted by atomic mass is 14.5.